The first-order valence-electron chi connectivity index (χ1n) is 6.80. The molecule has 0 amide bonds. The smallest absolute Gasteiger partial charge is 0.0130 e. The maximum absolute atomic E-state index is 2.36. The van der Waals surface area contributed by atoms with Gasteiger partial charge in [0.05, 0.1) is 0 Å². The van der Waals surface area contributed by atoms with Crippen molar-refractivity contribution in [3.8, 4) is 0 Å². The van der Waals surface area contributed by atoms with Crippen molar-refractivity contribution in [1.82, 2.24) is 0 Å². The minimum absolute atomic E-state index is 0.579. The molecule has 4 rings (SSSR count). The maximum Gasteiger partial charge on any atom is 0.0130 e. The molecule has 0 nitrogen and oxygen atoms in total. The van der Waals surface area contributed by atoms with Gasteiger partial charge >= 0.3 is 0 Å². The summed E-state index contributed by atoms with van der Waals surface area (Å²) < 4.78 is 0. The quantitative estimate of drug-likeness (QED) is 0.611. The highest BCUT2D eigenvalue weighted by atomic mass is 14.3. The highest BCUT2D eigenvalue weighted by Gasteiger charge is 2.24. The van der Waals surface area contributed by atoms with Crippen molar-refractivity contribution >= 4 is 12.2 Å². The Hall–Kier alpha value is -1.82. The molecule has 1 atom stereocenters. The van der Waals surface area contributed by atoms with Crippen molar-refractivity contribution in [2.45, 2.75) is 25.2 Å². The maximum atomic E-state index is 2.36. The number of hydrogen-bond donors (Lipinski definition) is 0. The van der Waals surface area contributed by atoms with Crippen LogP contribution in [0.25, 0.3) is 12.2 Å². The topological polar surface area (TPSA) is 0 Å². The molecular weight excluding hydrogens is 216 g/mol. The molecule has 3 aliphatic rings. The molecule has 18 heavy (non-hydrogen) atoms. The summed E-state index contributed by atoms with van der Waals surface area (Å²) in [6, 6.07) is 4.70. The Morgan fingerprint density at radius 2 is 1.94 bits per heavy atom. The Morgan fingerprint density at radius 1 is 0.944 bits per heavy atom. The Labute approximate surface area is 108 Å². The zero-order chi connectivity index (χ0) is 11.9. The van der Waals surface area contributed by atoms with Gasteiger partial charge in [-0.1, -0.05) is 54.7 Å². The zero-order valence-corrected chi connectivity index (χ0v) is 10.4. The Morgan fingerprint density at radius 3 is 2.94 bits per heavy atom. The van der Waals surface area contributed by atoms with Gasteiger partial charge in [-0.25, -0.2) is 0 Å². The summed E-state index contributed by atoms with van der Waals surface area (Å²) in [6.45, 7) is 0. The standard InChI is InChI=1S/C18H16/c1-3-7-15-13(5-1)9-11-18-16-8-4-2-6-14(16)10-12-17(15)18/h1,3-5,8-12,15H,2,6-7H2. The molecule has 3 aliphatic carbocycles. The Kier molecular flexibility index (Phi) is 2.16. The van der Waals surface area contributed by atoms with Gasteiger partial charge in [0, 0.05) is 5.92 Å². The van der Waals surface area contributed by atoms with E-state index in [1.54, 1.807) is 0 Å². The molecular formula is C18H16. The fourth-order valence-electron chi connectivity index (χ4n) is 3.35. The minimum atomic E-state index is 0.579. The molecule has 1 aromatic carbocycles. The molecule has 0 saturated carbocycles. The lowest BCUT2D eigenvalue weighted by Crippen LogP contribution is -2.11. The van der Waals surface area contributed by atoms with E-state index >= 15 is 0 Å². The van der Waals surface area contributed by atoms with E-state index in [-0.39, 0.29) is 0 Å². The van der Waals surface area contributed by atoms with Gasteiger partial charge in [0.15, 0.2) is 0 Å². The van der Waals surface area contributed by atoms with Gasteiger partial charge in [-0.2, -0.15) is 0 Å². The lowest BCUT2D eigenvalue weighted by molar-refractivity contribution is 0.807. The molecule has 1 unspecified atom stereocenters. The van der Waals surface area contributed by atoms with Crippen LogP contribution in [-0.2, 0) is 6.42 Å². The molecule has 0 N–H and O–H groups in total. The van der Waals surface area contributed by atoms with Crippen LogP contribution in [0.1, 0.15) is 41.0 Å². The van der Waals surface area contributed by atoms with E-state index in [9.17, 15) is 0 Å². The average molecular weight is 232 g/mol. The number of benzene rings is 1. The van der Waals surface area contributed by atoms with Crippen molar-refractivity contribution in [3.05, 3.63) is 70.3 Å². The van der Waals surface area contributed by atoms with Crippen molar-refractivity contribution < 1.29 is 0 Å². The molecule has 0 heterocycles. The number of fused-ring (bicyclic) bond motifs is 5. The van der Waals surface area contributed by atoms with Crippen LogP contribution in [0.3, 0.4) is 0 Å². The van der Waals surface area contributed by atoms with Crippen LogP contribution >= 0.6 is 0 Å². The highest BCUT2D eigenvalue weighted by molar-refractivity contribution is 5.76. The first-order valence-corrected chi connectivity index (χ1v) is 6.80. The van der Waals surface area contributed by atoms with Crippen LogP contribution in [0.2, 0.25) is 0 Å². The predicted molar refractivity (Wildman–Crippen MR) is 77.4 cm³/mol. The van der Waals surface area contributed by atoms with Crippen LogP contribution < -0.4 is 0 Å². The van der Waals surface area contributed by atoms with E-state index in [4.69, 9.17) is 0 Å². The molecule has 0 spiro atoms. The summed E-state index contributed by atoms with van der Waals surface area (Å²) in [7, 11) is 0. The molecule has 0 heteroatoms. The summed E-state index contributed by atoms with van der Waals surface area (Å²) in [5.41, 5.74) is 7.41. The monoisotopic (exact) mass is 232 g/mol. The lowest BCUT2D eigenvalue weighted by Gasteiger charge is -2.28. The van der Waals surface area contributed by atoms with Gasteiger partial charge in [-0.15, -0.1) is 0 Å². The normalized spacial score (nSPS) is 23.1. The third-order valence-corrected chi connectivity index (χ3v) is 4.29. The van der Waals surface area contributed by atoms with E-state index in [2.05, 4.69) is 54.7 Å². The molecule has 0 saturated heterocycles. The SMILES string of the molecule is C1=CCC2C(=C1)C=Cc1c2ccc2c1C=CCC2. The fourth-order valence-corrected chi connectivity index (χ4v) is 3.35. The predicted octanol–water partition coefficient (Wildman–Crippen LogP) is 4.64. The molecule has 0 radical (unpaired) electrons. The van der Waals surface area contributed by atoms with Gasteiger partial charge in [-0.3, -0.25) is 0 Å². The number of allylic oxidation sites excluding steroid dienone is 6. The number of rotatable bonds is 0. The van der Waals surface area contributed by atoms with Crippen molar-refractivity contribution in [1.29, 1.82) is 0 Å². The third-order valence-electron chi connectivity index (χ3n) is 4.29. The molecule has 0 aliphatic heterocycles. The largest absolute Gasteiger partial charge is 0.0836 e. The molecule has 88 valence electrons. The first kappa shape index (κ1) is 10.1. The lowest BCUT2D eigenvalue weighted by atomic mass is 9.76. The van der Waals surface area contributed by atoms with Crippen LogP contribution in [-0.4, -0.2) is 0 Å². The molecule has 0 bridgehead atoms. The third kappa shape index (κ3) is 1.38. The average Bonchev–Trinajstić information content (AvgIpc) is 2.46. The second kappa shape index (κ2) is 3.84. The Balaban J connectivity index is 1.94. The molecule has 0 aromatic heterocycles. The second-order valence-corrected chi connectivity index (χ2v) is 5.30. The molecule has 0 fully saturated rings. The number of hydrogen-bond acceptors (Lipinski definition) is 0. The van der Waals surface area contributed by atoms with E-state index in [0.717, 1.165) is 6.42 Å². The van der Waals surface area contributed by atoms with E-state index < -0.39 is 0 Å². The summed E-state index contributed by atoms with van der Waals surface area (Å²) >= 11 is 0. The first-order chi connectivity index (χ1) is 8.93. The van der Waals surface area contributed by atoms with Gasteiger partial charge in [0.2, 0.25) is 0 Å². The number of aryl methyl sites for hydroxylation is 1. The van der Waals surface area contributed by atoms with Crippen molar-refractivity contribution in [2.24, 2.45) is 0 Å². The fraction of sp³-hybridized carbons (Fsp3) is 0.222. The van der Waals surface area contributed by atoms with Gasteiger partial charge in [0.25, 0.3) is 0 Å². The van der Waals surface area contributed by atoms with E-state index in [1.807, 2.05) is 0 Å². The summed E-state index contributed by atoms with van der Waals surface area (Å²) in [5, 5.41) is 0. The van der Waals surface area contributed by atoms with Crippen LogP contribution in [0.4, 0.5) is 0 Å². The van der Waals surface area contributed by atoms with Crippen molar-refractivity contribution in [3.63, 3.8) is 0 Å². The highest BCUT2D eigenvalue weighted by Crippen LogP contribution is 2.41. The molecule has 1 aromatic rings. The Bertz CT molecular complexity index is 624. The van der Waals surface area contributed by atoms with Crippen LogP contribution in [0.15, 0.2) is 48.1 Å². The zero-order valence-electron chi connectivity index (χ0n) is 10.4. The van der Waals surface area contributed by atoms with E-state index in [1.165, 1.54) is 40.7 Å². The van der Waals surface area contributed by atoms with Crippen LogP contribution in [0, 0.1) is 0 Å². The van der Waals surface area contributed by atoms with Crippen LogP contribution in [0.5, 0.6) is 0 Å². The summed E-state index contributed by atoms with van der Waals surface area (Å²) in [5.74, 6) is 0.579. The van der Waals surface area contributed by atoms with Gasteiger partial charge < -0.3 is 0 Å². The van der Waals surface area contributed by atoms with E-state index in [0.29, 0.717) is 5.92 Å². The minimum Gasteiger partial charge on any atom is -0.0836 e. The van der Waals surface area contributed by atoms with Gasteiger partial charge in [0.1, 0.15) is 0 Å². The van der Waals surface area contributed by atoms with Gasteiger partial charge in [-0.05, 0) is 47.1 Å². The summed E-state index contributed by atoms with van der Waals surface area (Å²) in [6.07, 6.45) is 19.5. The second-order valence-electron chi connectivity index (χ2n) is 5.30. The summed E-state index contributed by atoms with van der Waals surface area (Å²) in [4.78, 5) is 0. The van der Waals surface area contributed by atoms with Crippen molar-refractivity contribution in [2.75, 3.05) is 0 Å².